The van der Waals surface area contributed by atoms with Crippen LogP contribution >= 0.6 is 23.1 Å². The molecule has 20 heavy (non-hydrogen) atoms. The van der Waals surface area contributed by atoms with Gasteiger partial charge in [0.25, 0.3) is 0 Å². The molecule has 0 saturated carbocycles. The Kier molecular flexibility index (Phi) is 4.08. The summed E-state index contributed by atoms with van der Waals surface area (Å²) in [5, 5.41) is 12.7. The van der Waals surface area contributed by atoms with Crippen LogP contribution in [0.5, 0.6) is 0 Å². The number of thiazole rings is 1. The maximum absolute atomic E-state index is 4.44. The molecule has 0 atom stereocenters. The molecule has 2 aromatic heterocycles. The lowest BCUT2D eigenvalue weighted by molar-refractivity contribution is 0.935. The molecule has 0 unspecified atom stereocenters. The summed E-state index contributed by atoms with van der Waals surface area (Å²) in [5.41, 5.74) is 3.09. The molecule has 0 fully saturated rings. The van der Waals surface area contributed by atoms with Crippen molar-refractivity contribution in [3.63, 3.8) is 0 Å². The van der Waals surface area contributed by atoms with E-state index in [0.717, 1.165) is 32.7 Å². The van der Waals surface area contributed by atoms with Crippen LogP contribution in [0.4, 0.5) is 0 Å². The summed E-state index contributed by atoms with van der Waals surface area (Å²) >= 11 is 3.34. The molecule has 0 N–H and O–H groups in total. The molecule has 1 aromatic carbocycles. The summed E-state index contributed by atoms with van der Waals surface area (Å²) in [6.07, 6.45) is 0. The van der Waals surface area contributed by atoms with Gasteiger partial charge in [-0.25, -0.2) is 4.98 Å². The van der Waals surface area contributed by atoms with E-state index in [0.29, 0.717) is 0 Å². The fraction of sp³-hybridized carbons (Fsp3) is 0.133. The molecule has 0 spiro atoms. The fourth-order valence-electron chi connectivity index (χ4n) is 1.78. The molecule has 0 radical (unpaired) electrons. The van der Waals surface area contributed by atoms with Crippen LogP contribution < -0.4 is 0 Å². The third-order valence-electron chi connectivity index (χ3n) is 2.74. The lowest BCUT2D eigenvalue weighted by atomic mass is 10.1. The SMILES string of the molecule is Cc1nc(CSc2ccc(-c3ccccc3)nn2)cs1. The first kappa shape index (κ1) is 13.3. The highest BCUT2D eigenvalue weighted by Crippen LogP contribution is 2.23. The molecule has 0 aliphatic rings. The standard InChI is InChI=1S/C15H13N3S2/c1-11-16-13(9-19-11)10-20-15-8-7-14(17-18-15)12-5-3-2-4-6-12/h2-9H,10H2,1H3. The van der Waals surface area contributed by atoms with E-state index in [1.807, 2.05) is 49.4 Å². The maximum Gasteiger partial charge on any atom is 0.119 e. The number of hydrogen-bond acceptors (Lipinski definition) is 5. The fourth-order valence-corrected chi connectivity index (χ4v) is 3.21. The first-order valence-corrected chi connectivity index (χ1v) is 8.11. The van der Waals surface area contributed by atoms with Crippen LogP contribution in [-0.2, 0) is 5.75 Å². The van der Waals surface area contributed by atoms with E-state index in [2.05, 4.69) is 20.6 Å². The number of aromatic nitrogens is 3. The van der Waals surface area contributed by atoms with Gasteiger partial charge in [0.1, 0.15) is 5.03 Å². The quantitative estimate of drug-likeness (QED) is 0.677. The second kappa shape index (κ2) is 6.15. The van der Waals surface area contributed by atoms with Gasteiger partial charge < -0.3 is 0 Å². The highest BCUT2D eigenvalue weighted by molar-refractivity contribution is 7.98. The number of aryl methyl sites for hydroxylation is 1. The van der Waals surface area contributed by atoms with Crippen LogP contribution in [0.25, 0.3) is 11.3 Å². The predicted octanol–water partition coefficient (Wildman–Crippen LogP) is 4.20. The second-order valence-electron chi connectivity index (χ2n) is 4.27. The molecule has 0 bridgehead atoms. The smallest absolute Gasteiger partial charge is 0.119 e. The van der Waals surface area contributed by atoms with Crippen molar-refractivity contribution in [1.29, 1.82) is 0 Å². The third-order valence-corrected chi connectivity index (χ3v) is 4.52. The minimum Gasteiger partial charge on any atom is -0.246 e. The Labute approximate surface area is 126 Å². The number of rotatable bonds is 4. The molecule has 0 aliphatic carbocycles. The minimum absolute atomic E-state index is 0.837. The average molecular weight is 299 g/mol. The summed E-state index contributed by atoms with van der Waals surface area (Å²) < 4.78 is 0. The van der Waals surface area contributed by atoms with Gasteiger partial charge in [0.05, 0.1) is 16.4 Å². The molecule has 3 aromatic rings. The summed E-state index contributed by atoms with van der Waals surface area (Å²) in [6, 6.07) is 14.1. The Morgan fingerprint density at radius 2 is 1.90 bits per heavy atom. The Morgan fingerprint density at radius 1 is 1.05 bits per heavy atom. The van der Waals surface area contributed by atoms with Crippen LogP contribution in [0.1, 0.15) is 10.7 Å². The van der Waals surface area contributed by atoms with Gasteiger partial charge in [0.2, 0.25) is 0 Å². The molecule has 100 valence electrons. The Balaban J connectivity index is 1.67. The van der Waals surface area contributed by atoms with E-state index in [1.54, 1.807) is 23.1 Å². The van der Waals surface area contributed by atoms with E-state index in [9.17, 15) is 0 Å². The third kappa shape index (κ3) is 3.23. The van der Waals surface area contributed by atoms with Crippen molar-refractivity contribution < 1.29 is 0 Å². The van der Waals surface area contributed by atoms with Gasteiger partial charge in [-0.2, -0.15) is 0 Å². The molecule has 0 saturated heterocycles. The van der Waals surface area contributed by atoms with Crippen LogP contribution in [0.2, 0.25) is 0 Å². The summed E-state index contributed by atoms with van der Waals surface area (Å²) in [4.78, 5) is 4.44. The van der Waals surface area contributed by atoms with E-state index in [4.69, 9.17) is 0 Å². The Hall–Kier alpha value is -1.72. The molecular formula is C15H13N3S2. The van der Waals surface area contributed by atoms with Gasteiger partial charge in [-0.1, -0.05) is 42.1 Å². The van der Waals surface area contributed by atoms with E-state index in [-0.39, 0.29) is 0 Å². The predicted molar refractivity (Wildman–Crippen MR) is 83.9 cm³/mol. The second-order valence-corrected chi connectivity index (χ2v) is 6.33. The van der Waals surface area contributed by atoms with Crippen LogP contribution in [-0.4, -0.2) is 15.2 Å². The van der Waals surface area contributed by atoms with E-state index in [1.165, 1.54) is 0 Å². The zero-order chi connectivity index (χ0) is 13.8. The molecule has 0 aliphatic heterocycles. The van der Waals surface area contributed by atoms with Crippen molar-refractivity contribution in [2.45, 2.75) is 17.7 Å². The topological polar surface area (TPSA) is 38.7 Å². The van der Waals surface area contributed by atoms with Gasteiger partial charge in [-0.3, -0.25) is 0 Å². The number of thioether (sulfide) groups is 1. The number of nitrogens with zero attached hydrogens (tertiary/aromatic N) is 3. The molecular weight excluding hydrogens is 286 g/mol. The van der Waals surface area contributed by atoms with Gasteiger partial charge >= 0.3 is 0 Å². The van der Waals surface area contributed by atoms with Crippen molar-refractivity contribution in [1.82, 2.24) is 15.2 Å². The average Bonchev–Trinajstić information content (AvgIpc) is 2.92. The van der Waals surface area contributed by atoms with Gasteiger partial charge in [0, 0.05) is 16.7 Å². The van der Waals surface area contributed by atoms with E-state index < -0.39 is 0 Å². The van der Waals surface area contributed by atoms with Crippen molar-refractivity contribution in [2.75, 3.05) is 0 Å². The van der Waals surface area contributed by atoms with Crippen LogP contribution in [0.15, 0.2) is 52.9 Å². The highest BCUT2D eigenvalue weighted by Gasteiger charge is 2.03. The normalized spacial score (nSPS) is 10.7. The van der Waals surface area contributed by atoms with Crippen molar-refractivity contribution in [3.05, 3.63) is 58.5 Å². The monoisotopic (exact) mass is 299 g/mol. The van der Waals surface area contributed by atoms with Gasteiger partial charge in [-0.05, 0) is 19.1 Å². The maximum atomic E-state index is 4.44. The molecule has 2 heterocycles. The van der Waals surface area contributed by atoms with Crippen LogP contribution in [0.3, 0.4) is 0 Å². The van der Waals surface area contributed by atoms with Gasteiger partial charge in [0.15, 0.2) is 0 Å². The highest BCUT2D eigenvalue weighted by atomic mass is 32.2. The molecule has 3 rings (SSSR count). The first-order chi connectivity index (χ1) is 9.81. The molecule has 3 nitrogen and oxygen atoms in total. The number of hydrogen-bond donors (Lipinski definition) is 0. The largest absolute Gasteiger partial charge is 0.246 e. The van der Waals surface area contributed by atoms with Crippen LogP contribution in [0, 0.1) is 6.92 Å². The molecule has 0 amide bonds. The van der Waals surface area contributed by atoms with E-state index >= 15 is 0 Å². The minimum atomic E-state index is 0.837. The zero-order valence-corrected chi connectivity index (χ0v) is 12.6. The summed E-state index contributed by atoms with van der Waals surface area (Å²) in [5.74, 6) is 0.837. The van der Waals surface area contributed by atoms with Gasteiger partial charge in [-0.15, -0.1) is 21.5 Å². The van der Waals surface area contributed by atoms with Crippen molar-refractivity contribution >= 4 is 23.1 Å². The van der Waals surface area contributed by atoms with Crippen molar-refractivity contribution in [3.8, 4) is 11.3 Å². The lowest BCUT2D eigenvalue weighted by Gasteiger charge is -2.01. The Bertz CT molecular complexity index is 678. The molecule has 5 heteroatoms. The zero-order valence-electron chi connectivity index (χ0n) is 11.0. The number of benzene rings is 1. The van der Waals surface area contributed by atoms with Crippen molar-refractivity contribution in [2.24, 2.45) is 0 Å². The first-order valence-electron chi connectivity index (χ1n) is 6.24. The summed E-state index contributed by atoms with van der Waals surface area (Å²) in [7, 11) is 0. The Morgan fingerprint density at radius 3 is 2.55 bits per heavy atom. The lowest BCUT2D eigenvalue weighted by Crippen LogP contribution is -1.90. The summed E-state index contributed by atoms with van der Waals surface area (Å²) in [6.45, 7) is 2.02.